The van der Waals surface area contributed by atoms with Crippen molar-refractivity contribution in [1.29, 1.82) is 0 Å². The molecule has 3 rings (SSSR count). The summed E-state index contributed by atoms with van der Waals surface area (Å²) in [5.74, 6) is -0.379. The number of carbonyl (C=O) groups is 1. The zero-order chi connectivity index (χ0) is 18.7. The predicted molar refractivity (Wildman–Crippen MR) is 105 cm³/mol. The molecule has 134 valence electrons. The normalized spacial score (nSPS) is 11.4. The van der Waals surface area contributed by atoms with Gasteiger partial charge < -0.3 is 10.3 Å². The van der Waals surface area contributed by atoms with E-state index in [0.29, 0.717) is 18.5 Å². The first-order chi connectivity index (χ1) is 12.5. The molecule has 3 aromatic rings. The quantitative estimate of drug-likeness (QED) is 0.649. The zero-order valence-electron chi connectivity index (χ0n) is 15.3. The molecular formula is C22H23FN2O. The summed E-state index contributed by atoms with van der Waals surface area (Å²) in [5, 5.41) is 3.82. The monoisotopic (exact) mass is 350 g/mol. The molecule has 0 fully saturated rings. The Kier molecular flexibility index (Phi) is 5.21. The number of amides is 1. The summed E-state index contributed by atoms with van der Waals surface area (Å²) < 4.78 is 14.0. The predicted octanol–water partition coefficient (Wildman–Crippen LogP) is 4.60. The second kappa shape index (κ2) is 7.56. The van der Waals surface area contributed by atoms with Crippen LogP contribution in [0.15, 0.2) is 42.5 Å². The van der Waals surface area contributed by atoms with Crippen molar-refractivity contribution in [1.82, 2.24) is 10.3 Å². The standard InChI is InChI=1S/C22H23FN2O/c1-14-4-7-17(8-5-14)9-11-20(26)24-13-12-18-16(3)25-22-19(23)10-6-15(2)21(18)22/h4-11,25H,12-13H2,1-3H3,(H,24,26). The first-order valence-corrected chi connectivity index (χ1v) is 8.74. The van der Waals surface area contributed by atoms with Crippen molar-refractivity contribution in [3.63, 3.8) is 0 Å². The van der Waals surface area contributed by atoms with Crippen LogP contribution in [0.3, 0.4) is 0 Å². The van der Waals surface area contributed by atoms with E-state index in [1.165, 1.54) is 17.7 Å². The van der Waals surface area contributed by atoms with E-state index in [1.54, 1.807) is 12.1 Å². The van der Waals surface area contributed by atoms with Crippen LogP contribution in [-0.2, 0) is 11.2 Å². The Hall–Kier alpha value is -2.88. The van der Waals surface area contributed by atoms with Gasteiger partial charge in [0, 0.05) is 23.7 Å². The van der Waals surface area contributed by atoms with Crippen LogP contribution in [0.25, 0.3) is 17.0 Å². The Morgan fingerprint density at radius 1 is 1.12 bits per heavy atom. The molecule has 0 spiro atoms. The molecule has 0 aliphatic carbocycles. The smallest absolute Gasteiger partial charge is 0.244 e. The molecular weight excluding hydrogens is 327 g/mol. The highest BCUT2D eigenvalue weighted by molar-refractivity contribution is 5.92. The number of rotatable bonds is 5. The summed E-state index contributed by atoms with van der Waals surface area (Å²) in [5.41, 5.74) is 5.75. The minimum atomic E-state index is -0.245. The molecule has 4 heteroatoms. The molecule has 0 saturated heterocycles. The summed E-state index contributed by atoms with van der Waals surface area (Å²) >= 11 is 0. The maximum absolute atomic E-state index is 14.0. The Balaban J connectivity index is 1.64. The van der Waals surface area contributed by atoms with Crippen molar-refractivity contribution < 1.29 is 9.18 Å². The lowest BCUT2D eigenvalue weighted by molar-refractivity contribution is -0.116. The third-order valence-electron chi connectivity index (χ3n) is 4.61. The number of benzene rings is 2. The Morgan fingerprint density at radius 2 is 1.85 bits per heavy atom. The number of aromatic nitrogens is 1. The molecule has 0 saturated carbocycles. The van der Waals surface area contributed by atoms with Crippen LogP contribution in [0.4, 0.5) is 4.39 Å². The van der Waals surface area contributed by atoms with Gasteiger partial charge in [0.25, 0.3) is 0 Å². The van der Waals surface area contributed by atoms with Gasteiger partial charge >= 0.3 is 0 Å². The van der Waals surface area contributed by atoms with E-state index in [9.17, 15) is 9.18 Å². The van der Waals surface area contributed by atoms with Gasteiger partial charge in [-0.1, -0.05) is 35.9 Å². The van der Waals surface area contributed by atoms with Crippen LogP contribution in [0, 0.1) is 26.6 Å². The number of carbonyl (C=O) groups excluding carboxylic acids is 1. The molecule has 0 bridgehead atoms. The summed E-state index contributed by atoms with van der Waals surface area (Å²) in [7, 11) is 0. The number of aromatic amines is 1. The van der Waals surface area contributed by atoms with Gasteiger partial charge in [-0.3, -0.25) is 4.79 Å². The summed E-state index contributed by atoms with van der Waals surface area (Å²) in [6.45, 7) is 6.44. The summed E-state index contributed by atoms with van der Waals surface area (Å²) in [6, 6.07) is 11.3. The highest BCUT2D eigenvalue weighted by atomic mass is 19.1. The van der Waals surface area contributed by atoms with E-state index in [2.05, 4.69) is 10.3 Å². The van der Waals surface area contributed by atoms with Crippen LogP contribution < -0.4 is 5.32 Å². The van der Waals surface area contributed by atoms with Crippen LogP contribution in [0.5, 0.6) is 0 Å². The van der Waals surface area contributed by atoms with E-state index in [-0.39, 0.29) is 11.7 Å². The maximum atomic E-state index is 14.0. The molecule has 1 aromatic heterocycles. The molecule has 0 atom stereocenters. The zero-order valence-corrected chi connectivity index (χ0v) is 15.3. The van der Waals surface area contributed by atoms with Gasteiger partial charge in [-0.05, 0) is 56.0 Å². The van der Waals surface area contributed by atoms with Crippen molar-refractivity contribution in [2.75, 3.05) is 6.54 Å². The fourth-order valence-corrected chi connectivity index (χ4v) is 3.17. The molecule has 0 radical (unpaired) electrons. The van der Waals surface area contributed by atoms with E-state index < -0.39 is 0 Å². The third kappa shape index (κ3) is 3.85. The van der Waals surface area contributed by atoms with Crippen LogP contribution in [0.2, 0.25) is 0 Å². The number of hydrogen-bond acceptors (Lipinski definition) is 1. The van der Waals surface area contributed by atoms with E-state index >= 15 is 0 Å². The van der Waals surface area contributed by atoms with Gasteiger partial charge in [-0.15, -0.1) is 0 Å². The summed E-state index contributed by atoms with van der Waals surface area (Å²) in [4.78, 5) is 15.1. The molecule has 26 heavy (non-hydrogen) atoms. The molecule has 1 amide bonds. The average Bonchev–Trinajstić information content (AvgIpc) is 2.96. The average molecular weight is 350 g/mol. The van der Waals surface area contributed by atoms with Gasteiger partial charge in [0.15, 0.2) is 0 Å². The first-order valence-electron chi connectivity index (χ1n) is 8.74. The van der Waals surface area contributed by atoms with Crippen LogP contribution >= 0.6 is 0 Å². The lowest BCUT2D eigenvalue weighted by Crippen LogP contribution is -2.23. The number of halogens is 1. The fourth-order valence-electron chi connectivity index (χ4n) is 3.17. The van der Waals surface area contributed by atoms with Crippen molar-refractivity contribution >= 4 is 22.9 Å². The second-order valence-electron chi connectivity index (χ2n) is 6.63. The second-order valence-corrected chi connectivity index (χ2v) is 6.63. The summed E-state index contributed by atoms with van der Waals surface area (Å²) in [6.07, 6.45) is 3.99. The van der Waals surface area contributed by atoms with Crippen molar-refractivity contribution in [3.05, 3.63) is 76.2 Å². The van der Waals surface area contributed by atoms with Crippen LogP contribution in [-0.4, -0.2) is 17.4 Å². The Bertz CT molecular complexity index is 968. The molecule has 1 heterocycles. The van der Waals surface area contributed by atoms with Gasteiger partial charge in [0.05, 0.1) is 5.52 Å². The largest absolute Gasteiger partial charge is 0.356 e. The number of fused-ring (bicyclic) bond motifs is 1. The van der Waals surface area contributed by atoms with Crippen molar-refractivity contribution in [2.24, 2.45) is 0 Å². The lowest BCUT2D eigenvalue weighted by Gasteiger charge is -2.05. The number of H-pyrrole nitrogens is 1. The van der Waals surface area contributed by atoms with Gasteiger partial charge in [-0.2, -0.15) is 0 Å². The van der Waals surface area contributed by atoms with Crippen molar-refractivity contribution in [2.45, 2.75) is 27.2 Å². The topological polar surface area (TPSA) is 44.9 Å². The third-order valence-corrected chi connectivity index (χ3v) is 4.61. The SMILES string of the molecule is Cc1ccc(C=CC(=O)NCCc2c(C)[nH]c3c(F)ccc(C)c23)cc1. The molecule has 0 aliphatic rings. The Morgan fingerprint density at radius 3 is 2.58 bits per heavy atom. The van der Waals surface area contributed by atoms with Gasteiger partial charge in [0.2, 0.25) is 5.91 Å². The first kappa shape index (κ1) is 17.9. The van der Waals surface area contributed by atoms with E-state index in [4.69, 9.17) is 0 Å². The molecule has 2 N–H and O–H groups in total. The highest BCUT2D eigenvalue weighted by Gasteiger charge is 2.13. The van der Waals surface area contributed by atoms with E-state index in [1.807, 2.05) is 45.0 Å². The minimum Gasteiger partial charge on any atom is -0.356 e. The Labute approximate surface area is 152 Å². The van der Waals surface area contributed by atoms with Gasteiger partial charge in [0.1, 0.15) is 5.82 Å². The molecule has 0 unspecified atom stereocenters. The molecule has 0 aliphatic heterocycles. The number of aryl methyl sites for hydroxylation is 3. The van der Waals surface area contributed by atoms with Crippen molar-refractivity contribution in [3.8, 4) is 0 Å². The number of hydrogen-bond donors (Lipinski definition) is 2. The van der Waals surface area contributed by atoms with Crippen LogP contribution in [0.1, 0.15) is 27.9 Å². The number of nitrogens with one attached hydrogen (secondary N) is 2. The van der Waals surface area contributed by atoms with E-state index in [0.717, 1.165) is 27.8 Å². The maximum Gasteiger partial charge on any atom is 0.244 e. The molecule has 3 nitrogen and oxygen atoms in total. The highest BCUT2D eigenvalue weighted by Crippen LogP contribution is 2.27. The fraction of sp³-hybridized carbons (Fsp3) is 0.227. The minimum absolute atomic E-state index is 0.133. The van der Waals surface area contributed by atoms with Gasteiger partial charge in [-0.25, -0.2) is 4.39 Å². The molecule has 2 aromatic carbocycles. The lowest BCUT2D eigenvalue weighted by atomic mass is 10.0.